The van der Waals surface area contributed by atoms with E-state index in [2.05, 4.69) is 4.90 Å². The van der Waals surface area contributed by atoms with Crippen molar-refractivity contribution in [1.82, 2.24) is 4.90 Å². The molecule has 7 nitrogen and oxygen atoms in total. The number of morpholine rings is 1. The first-order chi connectivity index (χ1) is 14.4. The predicted molar refractivity (Wildman–Crippen MR) is 117 cm³/mol. The van der Waals surface area contributed by atoms with Crippen LogP contribution in [-0.2, 0) is 11.3 Å². The number of benzene rings is 2. The quantitative estimate of drug-likeness (QED) is 0.493. The molecule has 2 atom stereocenters. The van der Waals surface area contributed by atoms with Crippen LogP contribution in [0.25, 0.3) is 0 Å². The summed E-state index contributed by atoms with van der Waals surface area (Å²) in [5.41, 5.74) is 7.21. The lowest BCUT2D eigenvalue weighted by molar-refractivity contribution is -0.762. The molecule has 1 heterocycles. The van der Waals surface area contributed by atoms with E-state index in [1.807, 2.05) is 24.3 Å². The number of carbonyl (C=O) groups is 1. The maximum atomic E-state index is 12.8. The second-order valence-electron chi connectivity index (χ2n) is 7.08. The molecule has 2 unspecified atom stereocenters. The third-order valence-corrected chi connectivity index (χ3v) is 5.58. The van der Waals surface area contributed by atoms with Crippen LogP contribution in [0.4, 0.5) is 5.69 Å². The number of nitrogens with zero attached hydrogens (tertiary/aromatic N) is 1. The molecule has 9 heteroatoms. The molecule has 0 aromatic heterocycles. The van der Waals surface area contributed by atoms with E-state index in [9.17, 15) is 10.0 Å². The zero-order valence-corrected chi connectivity index (χ0v) is 18.2. The second-order valence-corrected chi connectivity index (χ2v) is 7.89. The highest BCUT2D eigenvalue weighted by Crippen LogP contribution is 2.28. The van der Waals surface area contributed by atoms with Gasteiger partial charge in [0, 0.05) is 30.7 Å². The van der Waals surface area contributed by atoms with Crippen LogP contribution in [0.3, 0.4) is 0 Å². The van der Waals surface area contributed by atoms with Crippen molar-refractivity contribution >= 4 is 34.8 Å². The van der Waals surface area contributed by atoms with Crippen LogP contribution in [0.5, 0.6) is 5.75 Å². The van der Waals surface area contributed by atoms with Crippen molar-refractivity contribution < 1.29 is 19.3 Å². The summed E-state index contributed by atoms with van der Waals surface area (Å²) >= 11 is 12.3. The van der Waals surface area contributed by atoms with Gasteiger partial charge in [0.1, 0.15) is 24.0 Å². The fourth-order valence-electron chi connectivity index (χ4n) is 3.39. The molecule has 1 amide bonds. The zero-order chi connectivity index (χ0) is 21.7. The molecule has 3 rings (SSSR count). The molecule has 1 aliphatic heterocycles. The minimum absolute atomic E-state index is 0.0224. The van der Waals surface area contributed by atoms with Crippen LogP contribution in [0.2, 0.25) is 10.0 Å². The highest BCUT2D eigenvalue weighted by atomic mass is 35.5. The molecule has 1 fully saturated rings. The standard InChI is InChI=1S/C21H25Cl2N3O4/c1-2-29-20-10-19(24)18(23)9-16(20)21(27)26(28)13-15-12-25(7-8-30-15)11-14-5-3-4-6-17(14)22/h3-6,9-10,15,26H,2,7-8,11-13,24H2,1H3. The Kier molecular flexibility index (Phi) is 7.93. The van der Waals surface area contributed by atoms with Gasteiger partial charge in [-0.15, -0.1) is 0 Å². The summed E-state index contributed by atoms with van der Waals surface area (Å²) in [6, 6.07) is 10.5. The molecule has 2 aromatic rings. The maximum Gasteiger partial charge on any atom is 0.348 e. The van der Waals surface area contributed by atoms with Gasteiger partial charge in [-0.2, -0.15) is 0 Å². The Morgan fingerprint density at radius 3 is 2.83 bits per heavy atom. The summed E-state index contributed by atoms with van der Waals surface area (Å²) in [7, 11) is 0. The van der Waals surface area contributed by atoms with Gasteiger partial charge in [0.05, 0.1) is 23.9 Å². The first kappa shape index (κ1) is 22.8. The van der Waals surface area contributed by atoms with Crippen molar-refractivity contribution in [3.8, 4) is 5.75 Å². The Balaban J connectivity index is 1.65. The molecule has 1 saturated heterocycles. The SMILES string of the molecule is CCOc1cc(N)c(Cl)cc1C(=O)[NH+]([O-])CC1CN(Cc2ccccc2Cl)CCO1. The molecular weight excluding hydrogens is 429 g/mol. The van der Waals surface area contributed by atoms with Crippen LogP contribution in [0.15, 0.2) is 36.4 Å². The highest BCUT2D eigenvalue weighted by molar-refractivity contribution is 6.33. The topological polar surface area (TPSA) is 92.3 Å². The average Bonchev–Trinajstić information content (AvgIpc) is 2.72. The van der Waals surface area contributed by atoms with Gasteiger partial charge in [0.15, 0.2) is 0 Å². The number of anilines is 1. The molecule has 162 valence electrons. The van der Waals surface area contributed by atoms with Gasteiger partial charge in [-0.25, -0.2) is 4.79 Å². The van der Waals surface area contributed by atoms with E-state index in [4.69, 9.17) is 38.4 Å². The molecule has 0 spiro atoms. The highest BCUT2D eigenvalue weighted by Gasteiger charge is 2.28. The van der Waals surface area contributed by atoms with E-state index in [0.29, 0.717) is 31.3 Å². The molecule has 3 N–H and O–H groups in total. The van der Waals surface area contributed by atoms with Crippen molar-refractivity contribution in [2.24, 2.45) is 0 Å². The lowest BCUT2D eigenvalue weighted by atomic mass is 10.1. The molecule has 30 heavy (non-hydrogen) atoms. The minimum atomic E-state index is -0.660. The lowest BCUT2D eigenvalue weighted by Gasteiger charge is -2.34. The summed E-state index contributed by atoms with van der Waals surface area (Å²) in [6.45, 7) is 4.49. The van der Waals surface area contributed by atoms with Crippen molar-refractivity contribution in [3.63, 3.8) is 0 Å². The van der Waals surface area contributed by atoms with Crippen LogP contribution in [-0.4, -0.2) is 49.8 Å². The van der Waals surface area contributed by atoms with E-state index >= 15 is 0 Å². The number of quaternary nitrogens is 1. The first-order valence-electron chi connectivity index (χ1n) is 9.75. The second kappa shape index (κ2) is 10.4. The summed E-state index contributed by atoms with van der Waals surface area (Å²) in [4.78, 5) is 14.9. The fraction of sp³-hybridized carbons (Fsp3) is 0.381. The molecule has 2 aromatic carbocycles. The van der Waals surface area contributed by atoms with Crippen LogP contribution >= 0.6 is 23.2 Å². The number of nitrogen functional groups attached to an aromatic ring is 1. The molecule has 0 saturated carbocycles. The number of nitrogens with one attached hydrogen (secondary N) is 1. The van der Waals surface area contributed by atoms with Crippen molar-refractivity contribution in [2.75, 3.05) is 38.6 Å². The number of hydroxylamine groups is 2. The summed E-state index contributed by atoms with van der Waals surface area (Å²) in [5.74, 6) is -0.408. The zero-order valence-electron chi connectivity index (χ0n) is 16.7. The van der Waals surface area contributed by atoms with Gasteiger partial charge in [0.2, 0.25) is 0 Å². The molecule has 1 aliphatic rings. The number of halogens is 2. The molecule has 0 radical (unpaired) electrons. The maximum absolute atomic E-state index is 12.8. The van der Waals surface area contributed by atoms with E-state index in [1.165, 1.54) is 12.1 Å². The number of ether oxygens (including phenoxy) is 2. The van der Waals surface area contributed by atoms with Crippen LogP contribution in [0, 0.1) is 5.21 Å². The smallest absolute Gasteiger partial charge is 0.348 e. The summed E-state index contributed by atoms with van der Waals surface area (Å²) in [6.07, 6.45) is -0.377. The van der Waals surface area contributed by atoms with E-state index in [1.54, 1.807) is 6.92 Å². The Morgan fingerprint density at radius 1 is 1.33 bits per heavy atom. The number of rotatable bonds is 7. The van der Waals surface area contributed by atoms with E-state index < -0.39 is 11.0 Å². The first-order valence-corrected chi connectivity index (χ1v) is 10.5. The average molecular weight is 454 g/mol. The van der Waals surface area contributed by atoms with Crippen LogP contribution in [0.1, 0.15) is 22.8 Å². The number of carbonyl (C=O) groups excluding carboxylic acids is 1. The number of hydrogen-bond acceptors (Lipinski definition) is 6. The minimum Gasteiger partial charge on any atom is -0.626 e. The number of hydrogen-bond donors (Lipinski definition) is 2. The monoisotopic (exact) mass is 453 g/mol. The normalized spacial score (nSPS) is 18.2. The van der Waals surface area contributed by atoms with Crippen LogP contribution < -0.4 is 15.5 Å². The van der Waals surface area contributed by atoms with Crippen molar-refractivity contribution in [3.05, 3.63) is 62.8 Å². The van der Waals surface area contributed by atoms with Gasteiger partial charge >= 0.3 is 5.91 Å². The fourth-order valence-corrected chi connectivity index (χ4v) is 3.75. The Morgan fingerprint density at radius 2 is 2.10 bits per heavy atom. The summed E-state index contributed by atoms with van der Waals surface area (Å²) < 4.78 is 11.2. The lowest BCUT2D eigenvalue weighted by Crippen LogP contribution is -3.11. The van der Waals surface area contributed by atoms with E-state index in [-0.39, 0.29) is 34.7 Å². The molecule has 0 bridgehead atoms. The van der Waals surface area contributed by atoms with Gasteiger partial charge in [-0.05, 0) is 24.6 Å². The number of nitrogens with two attached hydrogens (primary N) is 1. The predicted octanol–water partition coefficient (Wildman–Crippen LogP) is 2.40. The Hall–Kier alpha value is -1.87. The summed E-state index contributed by atoms with van der Waals surface area (Å²) in [5, 5.41) is 13.0. The number of amides is 1. The van der Waals surface area contributed by atoms with Crippen molar-refractivity contribution in [1.29, 1.82) is 0 Å². The largest absolute Gasteiger partial charge is 0.626 e. The van der Waals surface area contributed by atoms with E-state index in [0.717, 1.165) is 12.1 Å². The van der Waals surface area contributed by atoms with Gasteiger partial charge < -0.3 is 25.5 Å². The van der Waals surface area contributed by atoms with Gasteiger partial charge in [-0.1, -0.05) is 41.4 Å². The van der Waals surface area contributed by atoms with Crippen molar-refractivity contribution in [2.45, 2.75) is 19.6 Å². The molecule has 0 aliphatic carbocycles. The Bertz CT molecular complexity index is 897. The third-order valence-electron chi connectivity index (χ3n) is 4.88. The Labute approximate surface area is 185 Å². The molecular formula is C21H25Cl2N3O4. The third kappa shape index (κ3) is 5.63. The van der Waals surface area contributed by atoms with Gasteiger partial charge in [-0.3, -0.25) is 4.90 Å². The van der Waals surface area contributed by atoms with Gasteiger partial charge in [0.25, 0.3) is 0 Å².